The molecule has 0 aromatic carbocycles. The summed E-state index contributed by atoms with van der Waals surface area (Å²) in [5.74, 6) is 0.940. The third kappa shape index (κ3) is 1.59. The molecule has 0 aliphatic heterocycles. The Balaban J connectivity index is 2.21. The minimum absolute atomic E-state index is 0.0780. The summed E-state index contributed by atoms with van der Waals surface area (Å²) in [6, 6.07) is 7.77. The van der Waals surface area contributed by atoms with E-state index in [-0.39, 0.29) is 6.61 Å². The molecule has 2 aromatic rings. The van der Waals surface area contributed by atoms with E-state index in [0.29, 0.717) is 0 Å². The summed E-state index contributed by atoms with van der Waals surface area (Å²) in [5, 5.41) is 9.01. The van der Waals surface area contributed by atoms with E-state index in [2.05, 4.69) is 0 Å². The predicted octanol–water partition coefficient (Wildman–Crippen LogP) is 1.70. The summed E-state index contributed by atoms with van der Waals surface area (Å²) in [6.07, 6.45) is 2.44. The van der Waals surface area contributed by atoms with Gasteiger partial charge >= 0.3 is 0 Å². The molecule has 2 aromatic heterocycles. The molecule has 74 valence electrons. The van der Waals surface area contributed by atoms with E-state index in [4.69, 9.17) is 9.52 Å². The lowest BCUT2D eigenvalue weighted by Gasteiger charge is -2.04. The van der Waals surface area contributed by atoms with Crippen molar-refractivity contribution < 1.29 is 9.52 Å². The lowest BCUT2D eigenvalue weighted by atomic mass is 10.2. The molecule has 1 N–H and O–H groups in total. The van der Waals surface area contributed by atoms with Crippen molar-refractivity contribution in [3.05, 3.63) is 47.7 Å². The standard InChI is InChI=1S/C11H13NO2/c1-12-9(4-5-10(12)8-13)7-11-3-2-6-14-11/h2-6,13H,7-8H2,1H3. The lowest BCUT2D eigenvalue weighted by molar-refractivity contribution is 0.272. The molecule has 3 nitrogen and oxygen atoms in total. The van der Waals surface area contributed by atoms with Crippen LogP contribution in [0, 0.1) is 0 Å². The van der Waals surface area contributed by atoms with Crippen LogP contribution in [0.25, 0.3) is 0 Å². The van der Waals surface area contributed by atoms with Gasteiger partial charge in [0.25, 0.3) is 0 Å². The quantitative estimate of drug-likeness (QED) is 0.801. The van der Waals surface area contributed by atoms with Crippen LogP contribution in [0.5, 0.6) is 0 Å². The number of aliphatic hydroxyl groups is 1. The van der Waals surface area contributed by atoms with E-state index in [1.54, 1.807) is 6.26 Å². The average Bonchev–Trinajstić information content (AvgIpc) is 2.79. The Morgan fingerprint density at radius 3 is 2.64 bits per heavy atom. The van der Waals surface area contributed by atoms with Gasteiger partial charge in [-0.05, 0) is 24.3 Å². The Morgan fingerprint density at radius 2 is 2.07 bits per heavy atom. The smallest absolute Gasteiger partial charge is 0.109 e. The van der Waals surface area contributed by atoms with E-state index in [0.717, 1.165) is 23.6 Å². The fourth-order valence-corrected chi connectivity index (χ4v) is 1.53. The summed E-state index contributed by atoms with van der Waals surface area (Å²) < 4.78 is 7.25. The Bertz CT molecular complexity index is 401. The van der Waals surface area contributed by atoms with Crippen LogP contribution in [0.4, 0.5) is 0 Å². The van der Waals surface area contributed by atoms with Crippen LogP contribution >= 0.6 is 0 Å². The summed E-state index contributed by atoms with van der Waals surface area (Å²) in [4.78, 5) is 0. The molecule has 0 saturated heterocycles. The number of hydrogen-bond acceptors (Lipinski definition) is 2. The van der Waals surface area contributed by atoms with Crippen LogP contribution < -0.4 is 0 Å². The van der Waals surface area contributed by atoms with E-state index in [1.807, 2.05) is 35.9 Å². The van der Waals surface area contributed by atoms with Gasteiger partial charge in [-0.1, -0.05) is 0 Å². The Labute approximate surface area is 82.6 Å². The topological polar surface area (TPSA) is 38.3 Å². The predicted molar refractivity (Wildman–Crippen MR) is 52.8 cm³/mol. The van der Waals surface area contributed by atoms with Crippen LogP contribution in [0.2, 0.25) is 0 Å². The highest BCUT2D eigenvalue weighted by molar-refractivity contribution is 5.19. The van der Waals surface area contributed by atoms with E-state index < -0.39 is 0 Å². The molecule has 0 spiro atoms. The number of aliphatic hydroxyl groups excluding tert-OH is 1. The van der Waals surface area contributed by atoms with Gasteiger partial charge in [-0.15, -0.1) is 0 Å². The van der Waals surface area contributed by atoms with Crippen LogP contribution in [0.15, 0.2) is 34.9 Å². The lowest BCUT2D eigenvalue weighted by Crippen LogP contribution is -2.01. The minimum atomic E-state index is 0.0780. The SMILES string of the molecule is Cn1c(CO)ccc1Cc1ccco1. The third-order valence-electron chi connectivity index (χ3n) is 2.43. The van der Waals surface area contributed by atoms with Gasteiger partial charge in [0.1, 0.15) is 5.76 Å². The van der Waals surface area contributed by atoms with Gasteiger partial charge in [0.05, 0.1) is 12.9 Å². The van der Waals surface area contributed by atoms with Crippen LogP contribution in [0.3, 0.4) is 0 Å². The zero-order valence-corrected chi connectivity index (χ0v) is 8.10. The Hall–Kier alpha value is -1.48. The van der Waals surface area contributed by atoms with Crippen LogP contribution in [-0.4, -0.2) is 9.67 Å². The van der Waals surface area contributed by atoms with E-state index in [9.17, 15) is 0 Å². The monoisotopic (exact) mass is 191 g/mol. The minimum Gasteiger partial charge on any atom is -0.469 e. The second-order valence-corrected chi connectivity index (χ2v) is 3.29. The first-order chi connectivity index (χ1) is 6.81. The molecule has 0 radical (unpaired) electrons. The average molecular weight is 191 g/mol. The maximum Gasteiger partial charge on any atom is 0.109 e. The summed E-state index contributed by atoms with van der Waals surface area (Å²) in [6.45, 7) is 0.0780. The molecule has 0 amide bonds. The van der Waals surface area contributed by atoms with E-state index in [1.165, 1.54) is 0 Å². The van der Waals surface area contributed by atoms with Crippen molar-refractivity contribution in [3.8, 4) is 0 Å². The molecule has 0 aliphatic rings. The van der Waals surface area contributed by atoms with Crippen LogP contribution in [-0.2, 0) is 20.1 Å². The Morgan fingerprint density at radius 1 is 1.29 bits per heavy atom. The molecule has 0 atom stereocenters. The largest absolute Gasteiger partial charge is 0.469 e. The number of rotatable bonds is 3. The van der Waals surface area contributed by atoms with Gasteiger partial charge < -0.3 is 14.1 Å². The first-order valence-corrected chi connectivity index (χ1v) is 4.58. The highest BCUT2D eigenvalue weighted by Gasteiger charge is 2.05. The number of furan rings is 1. The van der Waals surface area contributed by atoms with Crippen molar-refractivity contribution in [3.63, 3.8) is 0 Å². The zero-order valence-electron chi connectivity index (χ0n) is 8.10. The van der Waals surface area contributed by atoms with Gasteiger partial charge in [-0.2, -0.15) is 0 Å². The highest BCUT2D eigenvalue weighted by atomic mass is 16.3. The zero-order chi connectivity index (χ0) is 9.97. The van der Waals surface area contributed by atoms with Crippen molar-refractivity contribution in [1.29, 1.82) is 0 Å². The van der Waals surface area contributed by atoms with Gasteiger partial charge in [0.15, 0.2) is 0 Å². The second kappa shape index (κ2) is 3.72. The first kappa shape index (κ1) is 9.09. The number of nitrogens with zero attached hydrogens (tertiary/aromatic N) is 1. The molecule has 2 rings (SSSR count). The van der Waals surface area contributed by atoms with E-state index >= 15 is 0 Å². The van der Waals surface area contributed by atoms with Crippen molar-refractivity contribution in [2.24, 2.45) is 7.05 Å². The van der Waals surface area contributed by atoms with Crippen molar-refractivity contribution >= 4 is 0 Å². The molecule has 14 heavy (non-hydrogen) atoms. The highest BCUT2D eigenvalue weighted by Crippen LogP contribution is 2.12. The third-order valence-corrected chi connectivity index (χ3v) is 2.43. The second-order valence-electron chi connectivity index (χ2n) is 3.29. The van der Waals surface area contributed by atoms with Gasteiger partial charge in [0.2, 0.25) is 0 Å². The fourth-order valence-electron chi connectivity index (χ4n) is 1.53. The maximum absolute atomic E-state index is 9.01. The summed E-state index contributed by atoms with van der Waals surface area (Å²) >= 11 is 0. The molecule has 0 aliphatic carbocycles. The fraction of sp³-hybridized carbons (Fsp3) is 0.273. The summed E-state index contributed by atoms with van der Waals surface area (Å²) in [5.41, 5.74) is 2.07. The molecule has 3 heteroatoms. The number of aromatic nitrogens is 1. The van der Waals surface area contributed by atoms with Crippen molar-refractivity contribution in [1.82, 2.24) is 4.57 Å². The van der Waals surface area contributed by atoms with Crippen molar-refractivity contribution in [2.75, 3.05) is 0 Å². The Kier molecular flexibility index (Phi) is 2.41. The molecule has 2 heterocycles. The van der Waals surface area contributed by atoms with Gasteiger partial charge in [-0.25, -0.2) is 0 Å². The molecule has 0 fully saturated rings. The summed E-state index contributed by atoms with van der Waals surface area (Å²) in [7, 11) is 1.95. The molecule has 0 bridgehead atoms. The normalized spacial score (nSPS) is 10.7. The number of hydrogen-bond donors (Lipinski definition) is 1. The molecular formula is C11H13NO2. The first-order valence-electron chi connectivity index (χ1n) is 4.58. The molecular weight excluding hydrogens is 178 g/mol. The molecule has 0 unspecified atom stereocenters. The van der Waals surface area contributed by atoms with Crippen molar-refractivity contribution in [2.45, 2.75) is 13.0 Å². The van der Waals surface area contributed by atoms with Gasteiger partial charge in [0, 0.05) is 24.9 Å². The van der Waals surface area contributed by atoms with Crippen LogP contribution in [0.1, 0.15) is 17.1 Å². The molecule has 0 saturated carbocycles. The maximum atomic E-state index is 9.01. The van der Waals surface area contributed by atoms with Gasteiger partial charge in [-0.3, -0.25) is 0 Å².